The molecule has 1 N–H and O–H groups in total. The quantitative estimate of drug-likeness (QED) is 0.833. The third-order valence-electron chi connectivity index (χ3n) is 5.53. The van der Waals surface area contributed by atoms with E-state index in [0.717, 1.165) is 35.3 Å². The van der Waals surface area contributed by atoms with E-state index in [9.17, 15) is 4.79 Å². The number of nitrogens with one attached hydrogen (secondary N) is 1. The maximum atomic E-state index is 15.4. The minimum absolute atomic E-state index is 0.0567. The highest BCUT2D eigenvalue weighted by Crippen LogP contribution is 2.33. The summed E-state index contributed by atoms with van der Waals surface area (Å²) in [7, 11) is 0. The Morgan fingerprint density at radius 1 is 1.24 bits per heavy atom. The van der Waals surface area contributed by atoms with E-state index in [2.05, 4.69) is 15.2 Å². The lowest BCUT2D eigenvalue weighted by molar-refractivity contribution is -0.122. The van der Waals surface area contributed by atoms with E-state index >= 15 is 4.39 Å². The Morgan fingerprint density at radius 2 is 1.97 bits per heavy atom. The van der Waals surface area contributed by atoms with Gasteiger partial charge in [-0.3, -0.25) is 9.78 Å². The zero-order valence-corrected chi connectivity index (χ0v) is 17.2. The smallest absolute Gasteiger partial charge is 0.223 e. The van der Waals surface area contributed by atoms with Crippen molar-refractivity contribution < 1.29 is 13.9 Å². The number of carbonyl (C=O) groups excluding carboxylic acids is 1. The van der Waals surface area contributed by atoms with E-state index in [0.29, 0.717) is 25.2 Å². The number of anilines is 1. The van der Waals surface area contributed by atoms with Gasteiger partial charge >= 0.3 is 0 Å². The highest BCUT2D eigenvalue weighted by Gasteiger charge is 2.30. The lowest BCUT2D eigenvalue weighted by Gasteiger charge is -2.37. The van der Waals surface area contributed by atoms with Crippen LogP contribution in [-0.2, 0) is 16.1 Å². The van der Waals surface area contributed by atoms with Crippen molar-refractivity contribution in [2.24, 2.45) is 5.92 Å². The monoisotopic (exact) mass is 397 g/mol. The lowest BCUT2D eigenvalue weighted by atomic mass is 9.97. The SMILES string of the molecule is Cc1cc(-c2c(F)cc(N3CC(C)OC(C)C3)cc2CNC(=O)C2CC2)ccn1. The summed E-state index contributed by atoms with van der Waals surface area (Å²) >= 11 is 0. The van der Waals surface area contributed by atoms with Crippen LogP contribution in [0.2, 0.25) is 0 Å². The summed E-state index contributed by atoms with van der Waals surface area (Å²) in [6, 6.07) is 7.30. The van der Waals surface area contributed by atoms with Crippen molar-refractivity contribution in [2.45, 2.75) is 52.4 Å². The summed E-state index contributed by atoms with van der Waals surface area (Å²) in [5, 5.41) is 3.00. The Labute approximate surface area is 171 Å². The standard InChI is InChI=1S/C23H28FN3O2/c1-14-8-18(6-7-25-14)22-19(11-26-23(28)17-4-5-17)9-20(10-21(22)24)27-12-15(2)29-16(3)13-27/h6-10,15-17H,4-5,11-13H2,1-3H3,(H,26,28). The van der Waals surface area contributed by atoms with Crippen LogP contribution in [0.5, 0.6) is 0 Å². The number of carbonyl (C=O) groups is 1. The molecule has 1 aliphatic heterocycles. The number of hydrogen-bond donors (Lipinski definition) is 1. The molecule has 1 amide bonds. The molecule has 1 aromatic heterocycles. The summed E-state index contributed by atoms with van der Waals surface area (Å²) in [6.45, 7) is 7.69. The third kappa shape index (κ3) is 4.58. The van der Waals surface area contributed by atoms with Crippen LogP contribution < -0.4 is 10.2 Å². The van der Waals surface area contributed by atoms with E-state index < -0.39 is 0 Å². The molecule has 6 heteroatoms. The summed E-state index contributed by atoms with van der Waals surface area (Å²) in [6.07, 6.45) is 3.75. The number of aromatic nitrogens is 1. The summed E-state index contributed by atoms with van der Waals surface area (Å²) < 4.78 is 21.2. The van der Waals surface area contributed by atoms with Crippen molar-refractivity contribution in [2.75, 3.05) is 18.0 Å². The van der Waals surface area contributed by atoms with Gasteiger partial charge in [-0.2, -0.15) is 0 Å². The van der Waals surface area contributed by atoms with Gasteiger partial charge in [0.15, 0.2) is 0 Å². The fraction of sp³-hybridized carbons (Fsp3) is 0.478. The number of halogens is 1. The zero-order chi connectivity index (χ0) is 20.5. The Kier molecular flexibility index (Phi) is 5.54. The van der Waals surface area contributed by atoms with Crippen LogP contribution in [0, 0.1) is 18.7 Å². The Morgan fingerprint density at radius 3 is 2.62 bits per heavy atom. The predicted octanol–water partition coefficient (Wildman–Crippen LogP) is 3.84. The summed E-state index contributed by atoms with van der Waals surface area (Å²) in [5.74, 6) is -0.104. The van der Waals surface area contributed by atoms with E-state index in [1.807, 2.05) is 39.0 Å². The molecule has 0 bridgehead atoms. The van der Waals surface area contributed by atoms with Gasteiger partial charge in [-0.05, 0) is 69.0 Å². The molecule has 5 nitrogen and oxygen atoms in total. The average Bonchev–Trinajstić information content (AvgIpc) is 3.50. The number of rotatable bonds is 5. The fourth-order valence-corrected chi connectivity index (χ4v) is 4.05. The van der Waals surface area contributed by atoms with E-state index in [1.54, 1.807) is 12.3 Å². The third-order valence-corrected chi connectivity index (χ3v) is 5.53. The Hall–Kier alpha value is -2.47. The fourth-order valence-electron chi connectivity index (χ4n) is 4.05. The van der Waals surface area contributed by atoms with Gasteiger partial charge in [0.2, 0.25) is 5.91 Å². The van der Waals surface area contributed by atoms with E-state index in [4.69, 9.17) is 4.74 Å². The molecule has 29 heavy (non-hydrogen) atoms. The number of amides is 1. The second-order valence-corrected chi connectivity index (χ2v) is 8.30. The molecular formula is C23H28FN3O2. The molecule has 0 radical (unpaired) electrons. The summed E-state index contributed by atoms with van der Waals surface area (Å²) in [5.41, 5.74) is 3.75. The Balaban J connectivity index is 1.70. The highest BCUT2D eigenvalue weighted by molar-refractivity contribution is 5.81. The van der Waals surface area contributed by atoms with Gasteiger partial charge in [-0.15, -0.1) is 0 Å². The van der Waals surface area contributed by atoms with Crippen LogP contribution in [0.4, 0.5) is 10.1 Å². The normalized spacial score (nSPS) is 21.9. The van der Waals surface area contributed by atoms with Crippen LogP contribution in [-0.4, -0.2) is 36.2 Å². The van der Waals surface area contributed by atoms with Crippen LogP contribution >= 0.6 is 0 Å². The van der Waals surface area contributed by atoms with Gasteiger partial charge in [0.1, 0.15) is 5.82 Å². The minimum atomic E-state index is -0.282. The number of nitrogens with zero attached hydrogens (tertiary/aromatic N) is 2. The average molecular weight is 397 g/mol. The van der Waals surface area contributed by atoms with Crippen LogP contribution in [0.15, 0.2) is 30.5 Å². The van der Waals surface area contributed by atoms with Crippen molar-refractivity contribution >= 4 is 11.6 Å². The maximum Gasteiger partial charge on any atom is 0.223 e. The van der Waals surface area contributed by atoms with E-state index in [1.165, 1.54) is 0 Å². The lowest BCUT2D eigenvalue weighted by Crippen LogP contribution is -2.45. The highest BCUT2D eigenvalue weighted by atomic mass is 19.1. The molecule has 0 spiro atoms. The first-order chi connectivity index (χ1) is 13.9. The maximum absolute atomic E-state index is 15.4. The number of benzene rings is 1. The van der Waals surface area contributed by atoms with Gasteiger partial charge < -0.3 is 15.0 Å². The largest absolute Gasteiger partial charge is 0.372 e. The van der Waals surface area contributed by atoms with Crippen LogP contribution in [0.25, 0.3) is 11.1 Å². The number of aryl methyl sites for hydroxylation is 1. The molecule has 2 aliphatic rings. The summed E-state index contributed by atoms with van der Waals surface area (Å²) in [4.78, 5) is 18.6. The molecule has 2 unspecified atom stereocenters. The molecule has 2 fully saturated rings. The van der Waals surface area contributed by atoms with Crippen molar-refractivity contribution in [1.82, 2.24) is 10.3 Å². The van der Waals surface area contributed by atoms with Gasteiger partial charge in [0, 0.05) is 48.7 Å². The molecule has 1 aliphatic carbocycles. The molecular weight excluding hydrogens is 369 g/mol. The molecule has 1 saturated heterocycles. The van der Waals surface area contributed by atoms with Crippen LogP contribution in [0.3, 0.4) is 0 Å². The Bertz CT molecular complexity index is 903. The topological polar surface area (TPSA) is 54.5 Å². The molecule has 1 saturated carbocycles. The zero-order valence-electron chi connectivity index (χ0n) is 17.2. The predicted molar refractivity (Wildman–Crippen MR) is 111 cm³/mol. The van der Waals surface area contributed by atoms with Gasteiger partial charge in [0.05, 0.1) is 12.2 Å². The molecule has 4 rings (SSSR count). The van der Waals surface area contributed by atoms with Crippen molar-refractivity contribution in [3.8, 4) is 11.1 Å². The first-order valence-corrected chi connectivity index (χ1v) is 10.3. The molecule has 2 atom stereocenters. The molecule has 1 aromatic carbocycles. The molecule has 2 heterocycles. The van der Waals surface area contributed by atoms with Crippen molar-refractivity contribution in [1.29, 1.82) is 0 Å². The first-order valence-electron chi connectivity index (χ1n) is 10.3. The van der Waals surface area contributed by atoms with Gasteiger partial charge in [-0.25, -0.2) is 4.39 Å². The van der Waals surface area contributed by atoms with Crippen LogP contribution in [0.1, 0.15) is 37.9 Å². The molecule has 2 aromatic rings. The van der Waals surface area contributed by atoms with Gasteiger partial charge in [-0.1, -0.05) is 0 Å². The van der Waals surface area contributed by atoms with E-state index in [-0.39, 0.29) is 29.9 Å². The second kappa shape index (κ2) is 8.11. The van der Waals surface area contributed by atoms with Crippen molar-refractivity contribution in [3.63, 3.8) is 0 Å². The molecule has 154 valence electrons. The van der Waals surface area contributed by atoms with Crippen molar-refractivity contribution in [3.05, 3.63) is 47.5 Å². The number of pyridine rings is 1. The number of morpholine rings is 1. The van der Waals surface area contributed by atoms with Gasteiger partial charge in [0.25, 0.3) is 0 Å². The second-order valence-electron chi connectivity index (χ2n) is 8.30. The number of ether oxygens (including phenoxy) is 1. The first kappa shape index (κ1) is 19.8. The number of hydrogen-bond acceptors (Lipinski definition) is 4. The minimum Gasteiger partial charge on any atom is -0.372 e.